The van der Waals surface area contributed by atoms with Crippen molar-refractivity contribution in [1.82, 2.24) is 9.80 Å². The van der Waals surface area contributed by atoms with E-state index in [1.807, 2.05) is 18.2 Å². The lowest BCUT2D eigenvalue weighted by molar-refractivity contribution is -0.133. The Bertz CT molecular complexity index is 582. The first-order chi connectivity index (χ1) is 12.0. The Labute approximate surface area is 150 Å². The van der Waals surface area contributed by atoms with Crippen molar-refractivity contribution in [1.29, 1.82) is 0 Å². The summed E-state index contributed by atoms with van der Waals surface area (Å²) in [5, 5.41) is 9.86. The molecule has 0 spiro atoms. The Kier molecular flexibility index (Phi) is 5.97. The summed E-state index contributed by atoms with van der Waals surface area (Å²) in [6.07, 6.45) is 3.75. The van der Waals surface area contributed by atoms with Crippen molar-refractivity contribution in [2.24, 2.45) is 0 Å². The average molecular weight is 346 g/mol. The van der Waals surface area contributed by atoms with Crippen LogP contribution in [-0.4, -0.2) is 65.2 Å². The Hall–Kier alpha value is -1.59. The first kappa shape index (κ1) is 18.2. The van der Waals surface area contributed by atoms with Crippen LogP contribution in [0, 0.1) is 0 Å². The summed E-state index contributed by atoms with van der Waals surface area (Å²) < 4.78 is 5.81. The van der Waals surface area contributed by atoms with Gasteiger partial charge in [0.15, 0.2) is 0 Å². The molecule has 2 saturated heterocycles. The van der Waals surface area contributed by atoms with Crippen LogP contribution in [0.1, 0.15) is 38.7 Å². The fraction of sp³-hybridized carbons (Fsp3) is 0.650. The Morgan fingerprint density at radius 1 is 1.24 bits per heavy atom. The zero-order chi connectivity index (χ0) is 17.8. The van der Waals surface area contributed by atoms with Crippen molar-refractivity contribution >= 4 is 5.91 Å². The van der Waals surface area contributed by atoms with Crippen LogP contribution in [0.2, 0.25) is 0 Å². The van der Waals surface area contributed by atoms with E-state index in [0.717, 1.165) is 44.6 Å². The number of carbonyl (C=O) groups is 1. The third-order valence-electron chi connectivity index (χ3n) is 5.26. The number of ether oxygens (including phenoxy) is 1. The van der Waals surface area contributed by atoms with Gasteiger partial charge in [-0.15, -0.1) is 0 Å². The fourth-order valence-electron chi connectivity index (χ4n) is 4.19. The predicted molar refractivity (Wildman–Crippen MR) is 97.6 cm³/mol. The third kappa shape index (κ3) is 4.73. The van der Waals surface area contributed by atoms with Gasteiger partial charge in [0.05, 0.1) is 12.2 Å². The molecule has 5 heteroatoms. The molecule has 2 fully saturated rings. The lowest BCUT2D eigenvalue weighted by Crippen LogP contribution is -2.50. The van der Waals surface area contributed by atoms with Crippen molar-refractivity contribution in [3.63, 3.8) is 0 Å². The fourth-order valence-corrected chi connectivity index (χ4v) is 4.19. The summed E-state index contributed by atoms with van der Waals surface area (Å²) in [6.45, 7) is 7.93. The maximum Gasteiger partial charge on any atom is 0.223 e. The summed E-state index contributed by atoms with van der Waals surface area (Å²) in [4.78, 5) is 17.2. The number of phenols is 1. The molecular formula is C20H30N2O3. The van der Waals surface area contributed by atoms with E-state index in [2.05, 4.69) is 23.6 Å². The molecule has 2 aliphatic rings. The highest BCUT2D eigenvalue weighted by atomic mass is 16.5. The lowest BCUT2D eigenvalue weighted by atomic mass is 10.1. The zero-order valence-electron chi connectivity index (χ0n) is 15.4. The molecular weight excluding hydrogens is 316 g/mol. The topological polar surface area (TPSA) is 53.0 Å². The molecule has 0 unspecified atom stereocenters. The van der Waals surface area contributed by atoms with E-state index in [1.165, 1.54) is 0 Å². The maximum atomic E-state index is 12.7. The highest BCUT2D eigenvalue weighted by Gasteiger charge is 2.32. The van der Waals surface area contributed by atoms with E-state index in [9.17, 15) is 9.90 Å². The number of amides is 1. The van der Waals surface area contributed by atoms with Gasteiger partial charge in [-0.3, -0.25) is 9.69 Å². The smallest absolute Gasteiger partial charge is 0.223 e. The highest BCUT2D eigenvalue weighted by molar-refractivity contribution is 5.77. The Morgan fingerprint density at radius 2 is 1.96 bits per heavy atom. The first-order valence-corrected chi connectivity index (χ1v) is 9.47. The van der Waals surface area contributed by atoms with Crippen LogP contribution in [0.5, 0.6) is 5.75 Å². The van der Waals surface area contributed by atoms with Gasteiger partial charge in [-0.25, -0.2) is 0 Å². The van der Waals surface area contributed by atoms with Gasteiger partial charge < -0.3 is 14.7 Å². The zero-order valence-corrected chi connectivity index (χ0v) is 15.4. The van der Waals surface area contributed by atoms with Crippen molar-refractivity contribution in [3.05, 3.63) is 29.8 Å². The molecule has 2 heterocycles. The number of rotatable bonds is 5. The molecule has 0 aromatic heterocycles. The quantitative estimate of drug-likeness (QED) is 0.890. The van der Waals surface area contributed by atoms with Crippen LogP contribution < -0.4 is 0 Å². The van der Waals surface area contributed by atoms with E-state index in [1.54, 1.807) is 6.07 Å². The lowest BCUT2D eigenvalue weighted by Gasteiger charge is -2.38. The number of phenolic OH excluding ortho intramolecular Hbond substituents is 1. The molecule has 0 radical (unpaired) electrons. The number of benzene rings is 1. The van der Waals surface area contributed by atoms with E-state index in [-0.39, 0.29) is 23.9 Å². The van der Waals surface area contributed by atoms with Crippen LogP contribution >= 0.6 is 0 Å². The first-order valence-electron chi connectivity index (χ1n) is 9.47. The number of hydrogen-bond donors (Lipinski definition) is 1. The summed E-state index contributed by atoms with van der Waals surface area (Å²) >= 11 is 0. The monoisotopic (exact) mass is 346 g/mol. The Balaban J connectivity index is 1.54. The second-order valence-electron chi connectivity index (χ2n) is 7.49. The molecule has 3 rings (SSSR count). The Morgan fingerprint density at radius 3 is 2.68 bits per heavy atom. The molecule has 5 nitrogen and oxygen atoms in total. The number of nitrogens with zero attached hydrogens (tertiary/aromatic N) is 2. The average Bonchev–Trinajstić information content (AvgIpc) is 3.01. The van der Waals surface area contributed by atoms with E-state index < -0.39 is 0 Å². The molecule has 2 aliphatic heterocycles. The normalized spacial score (nSPS) is 27.6. The van der Waals surface area contributed by atoms with E-state index in [4.69, 9.17) is 4.74 Å². The number of hydrogen-bond acceptors (Lipinski definition) is 4. The van der Waals surface area contributed by atoms with Crippen LogP contribution in [0.15, 0.2) is 24.3 Å². The van der Waals surface area contributed by atoms with Gasteiger partial charge in [0.1, 0.15) is 5.75 Å². The minimum Gasteiger partial charge on any atom is -0.508 e. The number of para-hydroxylation sites is 1. The van der Waals surface area contributed by atoms with Gasteiger partial charge in [-0.05, 0) is 44.7 Å². The minimum absolute atomic E-state index is 0.208. The summed E-state index contributed by atoms with van der Waals surface area (Å²) in [5.74, 6) is 0.490. The van der Waals surface area contributed by atoms with Crippen molar-refractivity contribution < 1.29 is 14.6 Å². The molecule has 1 N–H and O–H groups in total. The number of likely N-dealkylation sites (tertiary alicyclic amines) is 1. The molecule has 25 heavy (non-hydrogen) atoms. The summed E-state index contributed by atoms with van der Waals surface area (Å²) in [5.41, 5.74) is 0.849. The molecule has 0 bridgehead atoms. The number of morpholine rings is 1. The second-order valence-corrected chi connectivity index (χ2v) is 7.49. The van der Waals surface area contributed by atoms with Gasteiger partial charge in [-0.1, -0.05) is 18.2 Å². The van der Waals surface area contributed by atoms with Crippen LogP contribution in [0.4, 0.5) is 0 Å². The van der Waals surface area contributed by atoms with Gasteiger partial charge in [0.25, 0.3) is 0 Å². The summed E-state index contributed by atoms with van der Waals surface area (Å²) in [6, 6.07) is 7.59. The summed E-state index contributed by atoms with van der Waals surface area (Å²) in [7, 11) is 0. The molecule has 138 valence electrons. The van der Waals surface area contributed by atoms with Crippen LogP contribution in [-0.2, 0) is 16.0 Å². The van der Waals surface area contributed by atoms with Crippen LogP contribution in [0.25, 0.3) is 0 Å². The molecule has 1 aromatic rings. The van der Waals surface area contributed by atoms with Crippen molar-refractivity contribution in [2.75, 3.05) is 26.2 Å². The highest BCUT2D eigenvalue weighted by Crippen LogP contribution is 2.23. The van der Waals surface area contributed by atoms with Crippen molar-refractivity contribution in [2.45, 2.75) is 57.8 Å². The van der Waals surface area contributed by atoms with Gasteiger partial charge >= 0.3 is 0 Å². The SMILES string of the molecule is C[C@@H]1CN(C[C@@H]2CCCN2C(=O)CCc2ccccc2O)C[C@@H](C)O1. The van der Waals surface area contributed by atoms with Gasteiger partial charge in [-0.2, -0.15) is 0 Å². The predicted octanol–water partition coefficient (Wildman–Crippen LogP) is 2.42. The minimum atomic E-state index is 0.208. The molecule has 1 amide bonds. The molecule has 0 aliphatic carbocycles. The van der Waals surface area contributed by atoms with Crippen LogP contribution in [0.3, 0.4) is 0 Å². The van der Waals surface area contributed by atoms with Gasteiger partial charge in [0.2, 0.25) is 5.91 Å². The molecule has 3 atom stereocenters. The van der Waals surface area contributed by atoms with Gasteiger partial charge in [0, 0.05) is 38.6 Å². The van der Waals surface area contributed by atoms with E-state index >= 15 is 0 Å². The number of aromatic hydroxyl groups is 1. The molecule has 1 aromatic carbocycles. The number of carbonyl (C=O) groups excluding carboxylic acids is 1. The number of aryl methyl sites for hydroxylation is 1. The maximum absolute atomic E-state index is 12.7. The standard InChI is InChI=1S/C20H30N2O3/c1-15-12-21(13-16(2)25-15)14-18-7-5-11-22(18)20(24)10-9-17-6-3-4-8-19(17)23/h3-4,6,8,15-16,18,23H,5,7,9-14H2,1-2H3/t15-,16-,18+/m1/s1. The molecule has 0 saturated carbocycles. The third-order valence-corrected chi connectivity index (χ3v) is 5.26. The van der Waals surface area contributed by atoms with Crippen molar-refractivity contribution in [3.8, 4) is 5.75 Å². The second kappa shape index (κ2) is 8.19. The largest absolute Gasteiger partial charge is 0.508 e. The van der Waals surface area contributed by atoms with E-state index in [0.29, 0.717) is 18.9 Å².